The Bertz CT molecular complexity index is 1070. The monoisotopic (exact) mass is 465 g/mol. The van der Waals surface area contributed by atoms with Gasteiger partial charge in [-0.05, 0) is 41.6 Å². The maximum absolute atomic E-state index is 13.3. The fourth-order valence-electron chi connectivity index (χ4n) is 2.75. The lowest BCUT2D eigenvalue weighted by molar-refractivity contribution is -0.143. The average molecular weight is 466 g/mol. The predicted molar refractivity (Wildman–Crippen MR) is 113 cm³/mol. The molecule has 2 amide bonds. The summed E-state index contributed by atoms with van der Waals surface area (Å²) in [5.41, 5.74) is 0.878. The van der Waals surface area contributed by atoms with Gasteiger partial charge in [-0.2, -0.15) is 0 Å². The van der Waals surface area contributed by atoms with E-state index in [9.17, 15) is 18.8 Å². The SMILES string of the molecule is COC(=O)COc1c(/C=C2/SC(=O)N(Cc3ccc(F)cc3Cl)C2=O)cccc1OC. The first-order valence-electron chi connectivity index (χ1n) is 8.90. The Balaban J connectivity index is 1.88. The van der Waals surface area contributed by atoms with E-state index in [2.05, 4.69) is 4.74 Å². The Kier molecular flexibility index (Phi) is 7.19. The minimum atomic E-state index is -0.589. The number of carbonyl (C=O) groups is 3. The zero-order valence-electron chi connectivity index (χ0n) is 16.5. The van der Waals surface area contributed by atoms with Crippen molar-refractivity contribution in [2.75, 3.05) is 20.8 Å². The normalized spacial score (nSPS) is 14.8. The highest BCUT2D eigenvalue weighted by molar-refractivity contribution is 8.18. The van der Waals surface area contributed by atoms with E-state index in [1.807, 2.05) is 0 Å². The summed E-state index contributed by atoms with van der Waals surface area (Å²) in [4.78, 5) is 37.9. The Hall–Kier alpha value is -3.04. The second kappa shape index (κ2) is 9.84. The lowest BCUT2D eigenvalue weighted by Gasteiger charge is -2.14. The molecule has 1 aliphatic heterocycles. The van der Waals surface area contributed by atoms with Gasteiger partial charge in [-0.3, -0.25) is 14.5 Å². The van der Waals surface area contributed by atoms with Crippen LogP contribution in [0.15, 0.2) is 41.3 Å². The van der Waals surface area contributed by atoms with Gasteiger partial charge in [-0.1, -0.05) is 29.8 Å². The van der Waals surface area contributed by atoms with Crippen LogP contribution in [0.3, 0.4) is 0 Å². The van der Waals surface area contributed by atoms with Crippen molar-refractivity contribution in [1.82, 2.24) is 4.90 Å². The highest BCUT2D eigenvalue weighted by atomic mass is 35.5. The lowest BCUT2D eigenvalue weighted by atomic mass is 10.1. The molecule has 10 heteroatoms. The predicted octanol–water partition coefficient (Wildman–Crippen LogP) is 4.28. The van der Waals surface area contributed by atoms with Gasteiger partial charge in [0.05, 0.1) is 25.7 Å². The summed E-state index contributed by atoms with van der Waals surface area (Å²) in [6.07, 6.45) is 1.48. The zero-order chi connectivity index (χ0) is 22.5. The molecule has 2 aromatic rings. The number of hydrogen-bond donors (Lipinski definition) is 0. The third kappa shape index (κ3) is 5.18. The number of nitrogens with zero attached hydrogens (tertiary/aromatic N) is 1. The van der Waals surface area contributed by atoms with Crippen molar-refractivity contribution in [1.29, 1.82) is 0 Å². The number of imide groups is 1. The van der Waals surface area contributed by atoms with E-state index in [1.165, 1.54) is 32.4 Å². The van der Waals surface area contributed by atoms with Crippen LogP contribution in [-0.2, 0) is 20.9 Å². The smallest absolute Gasteiger partial charge is 0.343 e. The van der Waals surface area contributed by atoms with Crippen LogP contribution in [0.5, 0.6) is 11.5 Å². The Morgan fingerprint density at radius 2 is 2.00 bits per heavy atom. The molecule has 1 aliphatic rings. The number of amides is 2. The summed E-state index contributed by atoms with van der Waals surface area (Å²) in [5.74, 6) is -1.07. The highest BCUT2D eigenvalue weighted by Gasteiger charge is 2.35. The van der Waals surface area contributed by atoms with E-state index in [0.29, 0.717) is 16.9 Å². The Labute approximate surface area is 186 Å². The van der Waals surface area contributed by atoms with E-state index >= 15 is 0 Å². The maximum Gasteiger partial charge on any atom is 0.343 e. The van der Waals surface area contributed by atoms with Gasteiger partial charge in [0.15, 0.2) is 18.1 Å². The number of benzene rings is 2. The summed E-state index contributed by atoms with van der Waals surface area (Å²) in [7, 11) is 2.67. The molecule has 7 nitrogen and oxygen atoms in total. The lowest BCUT2D eigenvalue weighted by Crippen LogP contribution is -2.27. The van der Waals surface area contributed by atoms with Gasteiger partial charge in [-0.25, -0.2) is 9.18 Å². The van der Waals surface area contributed by atoms with Gasteiger partial charge in [0.2, 0.25) is 0 Å². The molecule has 0 spiro atoms. The topological polar surface area (TPSA) is 82.1 Å². The van der Waals surface area contributed by atoms with E-state index in [4.69, 9.17) is 21.1 Å². The molecule has 0 bridgehead atoms. The Morgan fingerprint density at radius 1 is 1.23 bits per heavy atom. The first-order valence-corrected chi connectivity index (χ1v) is 10.1. The number of ether oxygens (including phenoxy) is 3. The minimum Gasteiger partial charge on any atom is -0.493 e. The van der Waals surface area contributed by atoms with E-state index < -0.39 is 22.9 Å². The number of hydrogen-bond acceptors (Lipinski definition) is 7. The van der Waals surface area contributed by atoms with Crippen molar-refractivity contribution < 1.29 is 33.0 Å². The Morgan fingerprint density at radius 3 is 2.68 bits per heavy atom. The molecule has 0 N–H and O–H groups in total. The standard InChI is InChI=1S/C21H17ClFNO6S/c1-28-16-5-3-4-12(19(16)30-11-18(25)29-2)8-17-20(26)24(21(27)31-17)10-13-6-7-14(23)9-15(13)22/h3-9H,10-11H2,1-2H3/b17-8+. The third-order valence-electron chi connectivity index (χ3n) is 4.30. The molecule has 0 radical (unpaired) electrons. The number of methoxy groups -OCH3 is 2. The summed E-state index contributed by atoms with van der Waals surface area (Å²) in [6, 6.07) is 8.71. The van der Waals surface area contributed by atoms with Crippen molar-refractivity contribution in [3.63, 3.8) is 0 Å². The molecule has 0 aliphatic carbocycles. The average Bonchev–Trinajstić information content (AvgIpc) is 3.01. The maximum atomic E-state index is 13.3. The largest absolute Gasteiger partial charge is 0.493 e. The number of para-hydroxylation sites is 1. The summed E-state index contributed by atoms with van der Waals surface area (Å²) in [5, 5.41) is -0.370. The van der Waals surface area contributed by atoms with Crippen LogP contribution >= 0.6 is 23.4 Å². The number of carbonyl (C=O) groups excluding carboxylic acids is 3. The number of halogens is 2. The van der Waals surface area contributed by atoms with Gasteiger partial charge in [0.25, 0.3) is 11.1 Å². The van der Waals surface area contributed by atoms with Crippen LogP contribution < -0.4 is 9.47 Å². The quantitative estimate of drug-likeness (QED) is 0.446. The van der Waals surface area contributed by atoms with Gasteiger partial charge in [0, 0.05) is 10.6 Å². The summed E-state index contributed by atoms with van der Waals surface area (Å²) in [6.45, 7) is -0.451. The minimum absolute atomic E-state index is 0.0923. The molecule has 0 saturated carbocycles. The van der Waals surface area contributed by atoms with Crippen molar-refractivity contribution in [2.24, 2.45) is 0 Å². The van der Waals surface area contributed by atoms with Crippen LogP contribution in [0.2, 0.25) is 5.02 Å². The first kappa shape index (κ1) is 22.6. The fraction of sp³-hybridized carbons (Fsp3) is 0.190. The molecule has 1 heterocycles. The van der Waals surface area contributed by atoms with Crippen LogP contribution in [0, 0.1) is 5.82 Å². The fourth-order valence-corrected chi connectivity index (χ4v) is 3.81. The molecule has 1 saturated heterocycles. The van der Waals surface area contributed by atoms with Gasteiger partial charge < -0.3 is 14.2 Å². The third-order valence-corrected chi connectivity index (χ3v) is 5.55. The zero-order valence-corrected chi connectivity index (χ0v) is 18.1. The van der Waals surface area contributed by atoms with Gasteiger partial charge >= 0.3 is 5.97 Å². The van der Waals surface area contributed by atoms with Gasteiger partial charge in [-0.15, -0.1) is 0 Å². The molecule has 3 rings (SSSR count). The second-order valence-electron chi connectivity index (χ2n) is 6.25. The molecule has 1 fully saturated rings. The molecule has 162 valence electrons. The summed E-state index contributed by atoms with van der Waals surface area (Å²) >= 11 is 6.77. The van der Waals surface area contributed by atoms with Crippen LogP contribution in [0.1, 0.15) is 11.1 Å². The number of thioether (sulfide) groups is 1. The molecular weight excluding hydrogens is 449 g/mol. The molecule has 0 aromatic heterocycles. The number of rotatable bonds is 7. The van der Waals surface area contributed by atoms with Crippen molar-refractivity contribution in [3.8, 4) is 11.5 Å². The first-order chi connectivity index (χ1) is 14.8. The molecule has 0 atom stereocenters. The van der Waals surface area contributed by atoms with E-state index in [1.54, 1.807) is 18.2 Å². The van der Waals surface area contributed by atoms with Crippen molar-refractivity contribution >= 4 is 46.6 Å². The van der Waals surface area contributed by atoms with Crippen molar-refractivity contribution in [2.45, 2.75) is 6.54 Å². The molecule has 0 unspecified atom stereocenters. The van der Waals surface area contributed by atoms with Crippen LogP contribution in [0.25, 0.3) is 6.08 Å². The molecule has 31 heavy (non-hydrogen) atoms. The van der Waals surface area contributed by atoms with Crippen LogP contribution in [-0.4, -0.2) is 42.8 Å². The van der Waals surface area contributed by atoms with Gasteiger partial charge in [0.1, 0.15) is 5.82 Å². The number of esters is 1. The summed E-state index contributed by atoms with van der Waals surface area (Å²) < 4.78 is 28.6. The highest BCUT2D eigenvalue weighted by Crippen LogP contribution is 2.38. The van der Waals surface area contributed by atoms with Crippen LogP contribution in [0.4, 0.5) is 9.18 Å². The second-order valence-corrected chi connectivity index (χ2v) is 7.65. The van der Waals surface area contributed by atoms with E-state index in [0.717, 1.165) is 22.7 Å². The molecule has 2 aromatic carbocycles. The molecular formula is C21H17ClFNO6S. The van der Waals surface area contributed by atoms with E-state index in [-0.39, 0.29) is 28.8 Å². The van der Waals surface area contributed by atoms with Crippen molar-refractivity contribution in [3.05, 3.63) is 63.3 Å².